The number of nitrogens with one attached hydrogen (secondary N) is 3. The van der Waals surface area contributed by atoms with Crippen LogP contribution in [-0.2, 0) is 9.59 Å². The van der Waals surface area contributed by atoms with E-state index in [1.165, 1.54) is 0 Å². The molecule has 1 saturated heterocycles. The highest BCUT2D eigenvalue weighted by Gasteiger charge is 2.29. The number of amides is 2. The molecule has 3 rings (SSSR count). The number of carbonyl (C=O) groups is 2. The molecule has 1 atom stereocenters. The molecule has 26 heavy (non-hydrogen) atoms. The van der Waals surface area contributed by atoms with E-state index in [1.807, 2.05) is 18.2 Å². The highest BCUT2D eigenvalue weighted by molar-refractivity contribution is 9.10. The molecule has 0 radical (unpaired) electrons. The number of nitrogens with zero attached hydrogens (tertiary/aromatic N) is 1. The number of fused-ring (bicyclic) bond motifs is 1. The Labute approximate surface area is 158 Å². The number of aliphatic imine (C=N–C) groups is 1. The van der Waals surface area contributed by atoms with Crippen molar-refractivity contribution in [3.63, 3.8) is 0 Å². The van der Waals surface area contributed by atoms with Crippen molar-refractivity contribution in [2.45, 2.75) is 18.9 Å². The molecule has 2 amide bonds. The van der Waals surface area contributed by atoms with Crippen LogP contribution in [0.4, 0.5) is 0 Å². The van der Waals surface area contributed by atoms with Crippen LogP contribution in [0.2, 0.25) is 0 Å². The van der Waals surface area contributed by atoms with Gasteiger partial charge in [0.25, 0.3) is 5.91 Å². The van der Waals surface area contributed by atoms with Crippen LogP contribution in [0.1, 0.15) is 18.4 Å². The van der Waals surface area contributed by atoms with Crippen molar-refractivity contribution in [3.8, 4) is 0 Å². The van der Waals surface area contributed by atoms with Crippen molar-refractivity contribution in [3.05, 3.63) is 40.1 Å². The molecule has 9 heteroatoms. The molecule has 1 aromatic carbocycles. The van der Waals surface area contributed by atoms with Crippen LogP contribution in [0.15, 0.2) is 39.6 Å². The highest BCUT2D eigenvalue weighted by Crippen LogP contribution is 2.24. The van der Waals surface area contributed by atoms with Crippen LogP contribution in [0, 0.1) is 0 Å². The molecule has 2 aromatic rings. The SMILES string of the molecule is NC(N)=NCCC[C@@H]1NC(=O)/C(=C/c2c[nH]c3cc(Br)ccc23)NC1=O. The number of nitrogens with two attached hydrogens (primary N) is 2. The molecule has 2 heterocycles. The summed E-state index contributed by atoms with van der Waals surface area (Å²) >= 11 is 3.42. The maximum absolute atomic E-state index is 12.3. The van der Waals surface area contributed by atoms with Crippen molar-refractivity contribution in [1.82, 2.24) is 15.6 Å². The second-order valence-electron chi connectivity index (χ2n) is 5.96. The van der Waals surface area contributed by atoms with E-state index < -0.39 is 6.04 Å². The number of piperazine rings is 1. The van der Waals surface area contributed by atoms with Gasteiger partial charge in [-0.1, -0.05) is 22.0 Å². The second-order valence-corrected chi connectivity index (χ2v) is 6.87. The van der Waals surface area contributed by atoms with E-state index in [2.05, 4.69) is 36.5 Å². The largest absolute Gasteiger partial charge is 0.370 e. The van der Waals surface area contributed by atoms with Gasteiger partial charge in [0.2, 0.25) is 5.91 Å². The van der Waals surface area contributed by atoms with Gasteiger partial charge in [0.05, 0.1) is 0 Å². The number of hydrogen-bond donors (Lipinski definition) is 5. The molecule has 0 saturated carbocycles. The van der Waals surface area contributed by atoms with Gasteiger partial charge in [-0.3, -0.25) is 14.6 Å². The Morgan fingerprint density at radius 3 is 2.88 bits per heavy atom. The van der Waals surface area contributed by atoms with Crippen LogP contribution in [0.5, 0.6) is 0 Å². The van der Waals surface area contributed by atoms with E-state index in [1.54, 1.807) is 12.3 Å². The van der Waals surface area contributed by atoms with Crippen molar-refractivity contribution in [2.24, 2.45) is 16.5 Å². The summed E-state index contributed by atoms with van der Waals surface area (Å²) in [6.45, 7) is 0.412. The van der Waals surface area contributed by atoms with E-state index in [0.717, 1.165) is 20.9 Å². The van der Waals surface area contributed by atoms with Crippen molar-refractivity contribution in [2.75, 3.05) is 6.54 Å². The summed E-state index contributed by atoms with van der Waals surface area (Å²) < 4.78 is 0.957. The number of guanidine groups is 1. The molecule has 8 nitrogen and oxygen atoms in total. The molecule has 0 aliphatic carbocycles. The van der Waals surface area contributed by atoms with E-state index in [9.17, 15) is 9.59 Å². The smallest absolute Gasteiger partial charge is 0.268 e. The summed E-state index contributed by atoms with van der Waals surface area (Å²) in [7, 11) is 0. The average molecular weight is 419 g/mol. The number of H-pyrrole nitrogens is 1. The number of benzene rings is 1. The molecule has 136 valence electrons. The monoisotopic (exact) mass is 418 g/mol. The maximum Gasteiger partial charge on any atom is 0.268 e. The number of hydrogen-bond acceptors (Lipinski definition) is 3. The fraction of sp³-hybridized carbons (Fsp3) is 0.235. The van der Waals surface area contributed by atoms with Gasteiger partial charge in [-0.2, -0.15) is 0 Å². The predicted octanol–water partition coefficient (Wildman–Crippen LogP) is 0.940. The molecule has 0 unspecified atom stereocenters. The lowest BCUT2D eigenvalue weighted by atomic mass is 10.1. The first-order chi connectivity index (χ1) is 12.4. The zero-order valence-corrected chi connectivity index (χ0v) is 15.5. The number of halogens is 1. The van der Waals surface area contributed by atoms with Crippen molar-refractivity contribution < 1.29 is 9.59 Å². The van der Waals surface area contributed by atoms with Gasteiger partial charge >= 0.3 is 0 Å². The fourth-order valence-corrected chi connectivity index (χ4v) is 3.14. The lowest BCUT2D eigenvalue weighted by molar-refractivity contribution is -0.131. The number of aromatic nitrogens is 1. The molecule has 1 aliphatic heterocycles. The molecular weight excluding hydrogens is 400 g/mol. The van der Waals surface area contributed by atoms with Gasteiger partial charge in [-0.05, 0) is 31.1 Å². The van der Waals surface area contributed by atoms with Crippen LogP contribution in [-0.4, -0.2) is 35.3 Å². The van der Waals surface area contributed by atoms with E-state index in [4.69, 9.17) is 11.5 Å². The molecule has 1 aliphatic rings. The van der Waals surface area contributed by atoms with Gasteiger partial charge in [-0.25, -0.2) is 0 Å². The topological polar surface area (TPSA) is 138 Å². The van der Waals surface area contributed by atoms with Crippen LogP contribution >= 0.6 is 15.9 Å². The third-order valence-electron chi connectivity index (χ3n) is 4.05. The Morgan fingerprint density at radius 2 is 2.12 bits per heavy atom. The number of aromatic amines is 1. The summed E-state index contributed by atoms with van der Waals surface area (Å²) in [4.78, 5) is 31.6. The zero-order chi connectivity index (χ0) is 18.7. The Bertz CT molecular complexity index is 913. The first kappa shape index (κ1) is 18.0. The summed E-state index contributed by atoms with van der Waals surface area (Å²) in [5, 5.41) is 6.37. The van der Waals surface area contributed by atoms with Gasteiger partial charge in [0, 0.05) is 33.7 Å². The third-order valence-corrected chi connectivity index (χ3v) is 4.54. The first-order valence-electron chi connectivity index (χ1n) is 8.09. The summed E-state index contributed by atoms with van der Waals surface area (Å²) in [6, 6.07) is 5.22. The maximum atomic E-state index is 12.3. The van der Waals surface area contributed by atoms with E-state index >= 15 is 0 Å². The number of rotatable bonds is 5. The minimum Gasteiger partial charge on any atom is -0.370 e. The first-order valence-corrected chi connectivity index (χ1v) is 8.89. The normalized spacial score (nSPS) is 18.7. The average Bonchev–Trinajstić information content (AvgIpc) is 2.97. The fourth-order valence-electron chi connectivity index (χ4n) is 2.78. The van der Waals surface area contributed by atoms with Crippen LogP contribution < -0.4 is 22.1 Å². The Balaban J connectivity index is 1.70. The molecule has 0 spiro atoms. The van der Waals surface area contributed by atoms with Crippen LogP contribution in [0.25, 0.3) is 17.0 Å². The molecule has 7 N–H and O–H groups in total. The minimum absolute atomic E-state index is 0.0121. The third kappa shape index (κ3) is 4.05. The molecule has 1 aromatic heterocycles. The van der Waals surface area contributed by atoms with Gasteiger partial charge < -0.3 is 27.1 Å². The van der Waals surface area contributed by atoms with Crippen LogP contribution in [0.3, 0.4) is 0 Å². The van der Waals surface area contributed by atoms with Crippen molar-refractivity contribution >= 4 is 50.7 Å². The van der Waals surface area contributed by atoms with E-state index in [0.29, 0.717) is 19.4 Å². The standard InChI is InChI=1S/C17H19BrN6O2/c18-10-3-4-11-9(8-22-13(11)7-10)6-14-16(26)23-12(15(25)24-14)2-1-5-21-17(19)20/h3-4,6-8,12,22H,1-2,5H2,(H,23,26)(H,24,25)(H4,19,20,21)/b14-6-/t12-/m0/s1. The highest BCUT2D eigenvalue weighted by atomic mass is 79.9. The molecule has 1 fully saturated rings. The Hall–Kier alpha value is -2.81. The zero-order valence-electron chi connectivity index (χ0n) is 13.9. The molecular formula is C17H19BrN6O2. The summed E-state index contributed by atoms with van der Waals surface area (Å²) in [5.41, 5.74) is 12.5. The Morgan fingerprint density at radius 1 is 1.31 bits per heavy atom. The lowest BCUT2D eigenvalue weighted by Gasteiger charge is -2.24. The minimum atomic E-state index is -0.590. The number of carbonyl (C=O) groups excluding carboxylic acids is 2. The Kier molecular flexibility index (Phi) is 5.27. The van der Waals surface area contributed by atoms with Gasteiger partial charge in [0.15, 0.2) is 5.96 Å². The second kappa shape index (κ2) is 7.61. The van der Waals surface area contributed by atoms with Crippen molar-refractivity contribution in [1.29, 1.82) is 0 Å². The van der Waals surface area contributed by atoms with Gasteiger partial charge in [0.1, 0.15) is 11.7 Å². The predicted molar refractivity (Wildman–Crippen MR) is 104 cm³/mol. The van der Waals surface area contributed by atoms with Gasteiger partial charge in [-0.15, -0.1) is 0 Å². The summed E-state index contributed by atoms with van der Waals surface area (Å²) in [6.07, 6.45) is 4.51. The quantitative estimate of drug-likeness (QED) is 0.213. The molecule has 0 bridgehead atoms. The summed E-state index contributed by atoms with van der Waals surface area (Å²) in [5.74, 6) is -0.552. The van der Waals surface area contributed by atoms with E-state index in [-0.39, 0.29) is 23.5 Å². The lowest BCUT2D eigenvalue weighted by Crippen LogP contribution is -2.54.